The molecule has 0 aromatic heterocycles. The van der Waals surface area contributed by atoms with Crippen LogP contribution in [0.2, 0.25) is 0 Å². The summed E-state index contributed by atoms with van der Waals surface area (Å²) in [6.45, 7) is 6.53. The normalized spacial score (nSPS) is 11.5. The summed E-state index contributed by atoms with van der Waals surface area (Å²) >= 11 is 0. The van der Waals surface area contributed by atoms with Gasteiger partial charge in [0.2, 0.25) is 0 Å². The molecular formula is C13H22N2O. The van der Waals surface area contributed by atoms with E-state index in [1.165, 1.54) is 0 Å². The van der Waals surface area contributed by atoms with Crippen LogP contribution in [0.25, 0.3) is 0 Å². The lowest BCUT2D eigenvalue weighted by atomic mass is 9.97. The molecule has 1 rings (SSSR count). The van der Waals surface area contributed by atoms with E-state index in [1.807, 2.05) is 39.0 Å². The summed E-state index contributed by atoms with van der Waals surface area (Å²) in [6, 6.07) is 5.87. The zero-order valence-corrected chi connectivity index (χ0v) is 10.4. The van der Waals surface area contributed by atoms with Gasteiger partial charge in [0.1, 0.15) is 0 Å². The van der Waals surface area contributed by atoms with E-state index >= 15 is 0 Å². The van der Waals surface area contributed by atoms with Gasteiger partial charge in [0.25, 0.3) is 0 Å². The lowest BCUT2D eigenvalue weighted by molar-refractivity contribution is 0.0457. The first-order chi connectivity index (χ1) is 7.50. The molecule has 0 radical (unpaired) electrons. The second-order valence-electron chi connectivity index (χ2n) is 4.36. The van der Waals surface area contributed by atoms with E-state index in [1.54, 1.807) is 0 Å². The van der Waals surface area contributed by atoms with E-state index in [9.17, 15) is 5.11 Å². The molecule has 0 aliphatic heterocycles. The minimum atomic E-state index is -0.625. The Labute approximate surface area is 97.7 Å². The number of anilines is 2. The number of benzene rings is 1. The molecule has 0 aliphatic carbocycles. The van der Waals surface area contributed by atoms with Crippen LogP contribution in [-0.2, 0) is 0 Å². The van der Waals surface area contributed by atoms with Crippen LogP contribution in [-0.4, -0.2) is 17.3 Å². The van der Waals surface area contributed by atoms with Crippen LogP contribution < -0.4 is 11.1 Å². The number of aliphatic hydroxyl groups is 1. The molecule has 0 atom stereocenters. The Balaban J connectivity index is 2.64. The summed E-state index contributed by atoms with van der Waals surface area (Å²) in [5.41, 5.74) is 8.01. The Bertz CT molecular complexity index is 346. The highest BCUT2D eigenvalue weighted by molar-refractivity contribution is 5.58. The zero-order valence-electron chi connectivity index (χ0n) is 10.4. The molecule has 90 valence electrons. The number of hydrogen-bond acceptors (Lipinski definition) is 3. The second-order valence-corrected chi connectivity index (χ2v) is 4.36. The number of nitrogen functional groups attached to an aromatic ring is 1. The molecule has 0 heterocycles. The van der Waals surface area contributed by atoms with Crippen LogP contribution in [0.3, 0.4) is 0 Å². The van der Waals surface area contributed by atoms with E-state index < -0.39 is 5.60 Å². The van der Waals surface area contributed by atoms with Gasteiger partial charge in [-0.1, -0.05) is 19.9 Å². The summed E-state index contributed by atoms with van der Waals surface area (Å²) in [5.74, 6) is 0. The van der Waals surface area contributed by atoms with Gasteiger partial charge in [-0.2, -0.15) is 0 Å². The predicted molar refractivity (Wildman–Crippen MR) is 69.6 cm³/mol. The summed E-state index contributed by atoms with van der Waals surface area (Å²) in [5, 5.41) is 13.3. The van der Waals surface area contributed by atoms with Gasteiger partial charge < -0.3 is 16.2 Å². The molecule has 1 aromatic carbocycles. The van der Waals surface area contributed by atoms with Crippen molar-refractivity contribution in [2.45, 2.75) is 39.2 Å². The Morgan fingerprint density at radius 2 is 1.94 bits per heavy atom. The SMILES string of the molecule is CCC(O)(CC)CNc1ccc(C)c(N)c1. The van der Waals surface area contributed by atoms with Crippen LogP contribution in [0, 0.1) is 6.92 Å². The molecule has 0 saturated heterocycles. The van der Waals surface area contributed by atoms with Crippen molar-refractivity contribution in [3.8, 4) is 0 Å². The molecule has 0 saturated carbocycles. The molecule has 4 N–H and O–H groups in total. The van der Waals surface area contributed by atoms with Crippen LogP contribution in [0.15, 0.2) is 18.2 Å². The van der Waals surface area contributed by atoms with Gasteiger partial charge in [0.15, 0.2) is 0 Å². The minimum Gasteiger partial charge on any atom is -0.398 e. The third-order valence-corrected chi connectivity index (χ3v) is 3.22. The van der Waals surface area contributed by atoms with Crippen molar-refractivity contribution in [3.05, 3.63) is 23.8 Å². The zero-order chi connectivity index (χ0) is 12.2. The van der Waals surface area contributed by atoms with Gasteiger partial charge in [-0.05, 0) is 37.5 Å². The first-order valence-corrected chi connectivity index (χ1v) is 5.83. The molecule has 0 fully saturated rings. The number of rotatable bonds is 5. The van der Waals surface area contributed by atoms with E-state index in [0.29, 0.717) is 6.54 Å². The average molecular weight is 222 g/mol. The van der Waals surface area contributed by atoms with Crippen molar-refractivity contribution in [1.29, 1.82) is 0 Å². The van der Waals surface area contributed by atoms with Crippen LogP contribution in [0.1, 0.15) is 32.3 Å². The molecule has 0 amide bonds. The highest BCUT2D eigenvalue weighted by Gasteiger charge is 2.21. The molecule has 0 aliphatic rings. The molecule has 1 aromatic rings. The van der Waals surface area contributed by atoms with Crippen molar-refractivity contribution >= 4 is 11.4 Å². The monoisotopic (exact) mass is 222 g/mol. The Morgan fingerprint density at radius 3 is 2.44 bits per heavy atom. The topological polar surface area (TPSA) is 58.3 Å². The third-order valence-electron chi connectivity index (χ3n) is 3.22. The Kier molecular flexibility index (Phi) is 4.19. The maximum absolute atomic E-state index is 10.1. The first kappa shape index (κ1) is 12.8. The fraction of sp³-hybridized carbons (Fsp3) is 0.538. The first-order valence-electron chi connectivity index (χ1n) is 5.83. The maximum atomic E-state index is 10.1. The van der Waals surface area contributed by atoms with Crippen molar-refractivity contribution in [1.82, 2.24) is 0 Å². The number of aryl methyl sites for hydroxylation is 1. The smallest absolute Gasteiger partial charge is 0.0814 e. The lowest BCUT2D eigenvalue weighted by Gasteiger charge is -2.26. The summed E-state index contributed by atoms with van der Waals surface area (Å²) < 4.78 is 0. The van der Waals surface area contributed by atoms with Gasteiger partial charge in [-0.25, -0.2) is 0 Å². The predicted octanol–water partition coefficient (Wildman–Crippen LogP) is 2.54. The fourth-order valence-corrected chi connectivity index (χ4v) is 1.52. The van der Waals surface area contributed by atoms with Gasteiger partial charge >= 0.3 is 0 Å². The van der Waals surface area contributed by atoms with Gasteiger partial charge in [0.05, 0.1) is 5.60 Å². The average Bonchev–Trinajstić information content (AvgIpc) is 2.30. The fourth-order valence-electron chi connectivity index (χ4n) is 1.52. The molecule has 0 unspecified atom stereocenters. The Morgan fingerprint density at radius 1 is 1.31 bits per heavy atom. The standard InChI is InChI=1S/C13H22N2O/c1-4-13(16,5-2)9-15-11-7-6-10(3)12(14)8-11/h6-8,15-16H,4-5,9,14H2,1-3H3. The molecule has 3 nitrogen and oxygen atoms in total. The lowest BCUT2D eigenvalue weighted by Crippen LogP contribution is -2.35. The van der Waals surface area contributed by atoms with E-state index in [4.69, 9.17) is 5.73 Å². The molecule has 16 heavy (non-hydrogen) atoms. The number of hydrogen-bond donors (Lipinski definition) is 3. The van der Waals surface area contributed by atoms with E-state index in [-0.39, 0.29) is 0 Å². The number of nitrogens with one attached hydrogen (secondary N) is 1. The summed E-state index contributed by atoms with van der Waals surface area (Å²) in [6.07, 6.45) is 1.50. The van der Waals surface area contributed by atoms with Crippen molar-refractivity contribution < 1.29 is 5.11 Å². The summed E-state index contributed by atoms with van der Waals surface area (Å²) in [7, 11) is 0. The van der Waals surface area contributed by atoms with Crippen LogP contribution in [0.5, 0.6) is 0 Å². The van der Waals surface area contributed by atoms with Gasteiger partial charge in [-0.15, -0.1) is 0 Å². The minimum absolute atomic E-state index is 0.558. The van der Waals surface area contributed by atoms with Crippen molar-refractivity contribution in [2.24, 2.45) is 0 Å². The highest BCUT2D eigenvalue weighted by atomic mass is 16.3. The largest absolute Gasteiger partial charge is 0.398 e. The van der Waals surface area contributed by atoms with Gasteiger partial charge in [0, 0.05) is 17.9 Å². The van der Waals surface area contributed by atoms with Crippen LogP contribution >= 0.6 is 0 Å². The summed E-state index contributed by atoms with van der Waals surface area (Å²) in [4.78, 5) is 0. The Hall–Kier alpha value is -1.22. The van der Waals surface area contributed by atoms with Crippen molar-refractivity contribution in [3.63, 3.8) is 0 Å². The molecule has 0 spiro atoms. The van der Waals surface area contributed by atoms with Crippen LogP contribution in [0.4, 0.5) is 11.4 Å². The molecule has 0 bridgehead atoms. The third kappa shape index (κ3) is 3.14. The highest BCUT2D eigenvalue weighted by Crippen LogP contribution is 2.19. The molecular weight excluding hydrogens is 200 g/mol. The number of nitrogens with two attached hydrogens (primary N) is 1. The van der Waals surface area contributed by atoms with E-state index in [2.05, 4.69) is 5.32 Å². The quantitative estimate of drug-likeness (QED) is 0.671. The second kappa shape index (κ2) is 5.21. The van der Waals surface area contributed by atoms with Gasteiger partial charge in [-0.3, -0.25) is 0 Å². The molecule has 3 heteroatoms. The maximum Gasteiger partial charge on any atom is 0.0814 e. The van der Waals surface area contributed by atoms with E-state index in [0.717, 1.165) is 29.8 Å². The van der Waals surface area contributed by atoms with Crippen molar-refractivity contribution in [2.75, 3.05) is 17.6 Å².